The molecular formula is C21H20N4O2. The lowest BCUT2D eigenvalue weighted by Crippen LogP contribution is -2.47. The number of aromatic nitrogens is 1. The predicted octanol–water partition coefficient (Wildman–Crippen LogP) is 2.97. The molecule has 1 atom stereocenters. The monoisotopic (exact) mass is 360 g/mol. The van der Waals surface area contributed by atoms with Gasteiger partial charge in [-0.05, 0) is 41.0 Å². The molecule has 136 valence electrons. The summed E-state index contributed by atoms with van der Waals surface area (Å²) >= 11 is 0. The first kappa shape index (κ1) is 18.1. The molecule has 3 rings (SSSR count). The lowest BCUT2D eigenvalue weighted by Gasteiger charge is -2.17. The number of rotatable bonds is 6. The number of primary amides is 1. The van der Waals surface area contributed by atoms with Crippen LogP contribution in [0.1, 0.15) is 5.56 Å². The van der Waals surface area contributed by atoms with Crippen molar-refractivity contribution in [3.05, 3.63) is 84.7 Å². The highest BCUT2D eigenvalue weighted by molar-refractivity contribution is 5.97. The van der Waals surface area contributed by atoms with Crippen LogP contribution in [0.15, 0.2) is 79.1 Å². The smallest absolute Gasteiger partial charge is 0.312 e. The molecule has 3 aromatic rings. The highest BCUT2D eigenvalue weighted by atomic mass is 16.2. The number of carbonyl (C=O) groups is 2. The van der Waals surface area contributed by atoms with Gasteiger partial charge in [-0.15, -0.1) is 0 Å². The highest BCUT2D eigenvalue weighted by Gasteiger charge is 2.20. The minimum Gasteiger partial charge on any atom is -0.352 e. The van der Waals surface area contributed by atoms with Crippen LogP contribution in [-0.2, 0) is 11.2 Å². The molecule has 6 nitrogen and oxygen atoms in total. The molecule has 0 saturated carbocycles. The van der Waals surface area contributed by atoms with Gasteiger partial charge < -0.3 is 16.4 Å². The summed E-state index contributed by atoms with van der Waals surface area (Å²) in [5, 5.41) is 5.33. The quantitative estimate of drug-likeness (QED) is 0.630. The Labute approximate surface area is 157 Å². The van der Waals surface area contributed by atoms with E-state index in [1.165, 1.54) is 0 Å². The van der Waals surface area contributed by atoms with Gasteiger partial charge in [0.05, 0.1) is 0 Å². The lowest BCUT2D eigenvalue weighted by atomic mass is 10.0. The zero-order chi connectivity index (χ0) is 19.1. The van der Waals surface area contributed by atoms with Crippen molar-refractivity contribution in [2.75, 3.05) is 5.32 Å². The molecule has 6 heteroatoms. The van der Waals surface area contributed by atoms with Gasteiger partial charge in [0.15, 0.2) is 0 Å². The number of pyridine rings is 1. The molecule has 0 aliphatic rings. The lowest BCUT2D eigenvalue weighted by molar-refractivity contribution is -0.117. The van der Waals surface area contributed by atoms with Crippen molar-refractivity contribution in [2.24, 2.45) is 5.73 Å². The first-order valence-electron chi connectivity index (χ1n) is 8.53. The number of nitrogens with one attached hydrogen (secondary N) is 2. The topological polar surface area (TPSA) is 97.1 Å². The molecule has 0 unspecified atom stereocenters. The molecule has 0 aliphatic heterocycles. The number of urea groups is 1. The summed E-state index contributed by atoms with van der Waals surface area (Å²) in [6.07, 6.45) is 3.81. The first-order valence-corrected chi connectivity index (χ1v) is 8.53. The van der Waals surface area contributed by atoms with Crippen LogP contribution >= 0.6 is 0 Å². The Balaban J connectivity index is 1.70. The summed E-state index contributed by atoms with van der Waals surface area (Å²) in [5.41, 5.74) is 8.86. The van der Waals surface area contributed by atoms with Crippen LogP contribution in [0, 0.1) is 0 Å². The summed E-state index contributed by atoms with van der Waals surface area (Å²) in [6.45, 7) is 0. The third-order valence-corrected chi connectivity index (χ3v) is 4.08. The molecule has 4 N–H and O–H groups in total. The Kier molecular flexibility index (Phi) is 5.79. The van der Waals surface area contributed by atoms with Gasteiger partial charge in [0.2, 0.25) is 5.91 Å². The van der Waals surface area contributed by atoms with Crippen molar-refractivity contribution >= 4 is 17.6 Å². The van der Waals surface area contributed by atoms with Crippen LogP contribution in [0.4, 0.5) is 10.5 Å². The molecule has 0 saturated heterocycles. The van der Waals surface area contributed by atoms with Gasteiger partial charge in [0.25, 0.3) is 0 Å². The van der Waals surface area contributed by atoms with E-state index in [1.807, 2.05) is 66.7 Å². The number of benzene rings is 2. The summed E-state index contributed by atoms with van der Waals surface area (Å²) in [5.74, 6) is -0.325. The SMILES string of the molecule is NC(=O)N[C@H](Cc1ccccc1)C(=O)Nc1ccc(-c2ccncc2)cc1. The van der Waals surface area contributed by atoms with Crippen LogP contribution in [0.2, 0.25) is 0 Å². The predicted molar refractivity (Wildman–Crippen MR) is 105 cm³/mol. The largest absolute Gasteiger partial charge is 0.352 e. The van der Waals surface area contributed by atoms with Gasteiger partial charge in [-0.3, -0.25) is 9.78 Å². The van der Waals surface area contributed by atoms with Gasteiger partial charge >= 0.3 is 6.03 Å². The van der Waals surface area contributed by atoms with E-state index in [2.05, 4.69) is 15.6 Å². The van der Waals surface area contributed by atoms with E-state index in [0.29, 0.717) is 12.1 Å². The van der Waals surface area contributed by atoms with Crippen molar-refractivity contribution in [3.8, 4) is 11.1 Å². The average Bonchev–Trinajstić information content (AvgIpc) is 2.69. The summed E-state index contributed by atoms with van der Waals surface area (Å²) in [6, 6.07) is 19.2. The zero-order valence-electron chi connectivity index (χ0n) is 14.6. The number of nitrogens with zero attached hydrogens (tertiary/aromatic N) is 1. The van der Waals surface area contributed by atoms with Crippen molar-refractivity contribution in [3.63, 3.8) is 0 Å². The molecule has 2 aromatic carbocycles. The van der Waals surface area contributed by atoms with E-state index in [-0.39, 0.29) is 5.91 Å². The van der Waals surface area contributed by atoms with E-state index in [0.717, 1.165) is 16.7 Å². The third kappa shape index (κ3) is 5.15. The van der Waals surface area contributed by atoms with Crippen LogP contribution < -0.4 is 16.4 Å². The number of anilines is 1. The van der Waals surface area contributed by atoms with Crippen molar-refractivity contribution < 1.29 is 9.59 Å². The first-order chi connectivity index (χ1) is 13.1. The maximum atomic E-state index is 12.6. The molecule has 0 radical (unpaired) electrons. The molecule has 1 heterocycles. The second-order valence-corrected chi connectivity index (χ2v) is 6.05. The average molecular weight is 360 g/mol. The fraction of sp³-hybridized carbons (Fsp3) is 0.0952. The van der Waals surface area contributed by atoms with Gasteiger partial charge in [-0.1, -0.05) is 42.5 Å². The zero-order valence-corrected chi connectivity index (χ0v) is 14.6. The van der Waals surface area contributed by atoms with E-state index >= 15 is 0 Å². The summed E-state index contributed by atoms with van der Waals surface area (Å²) < 4.78 is 0. The Hall–Kier alpha value is -3.67. The Morgan fingerprint density at radius 1 is 0.889 bits per heavy atom. The van der Waals surface area contributed by atoms with E-state index < -0.39 is 12.1 Å². The molecule has 0 spiro atoms. The van der Waals surface area contributed by atoms with Crippen molar-refractivity contribution in [1.29, 1.82) is 0 Å². The third-order valence-electron chi connectivity index (χ3n) is 4.08. The number of hydrogen-bond donors (Lipinski definition) is 3. The molecule has 27 heavy (non-hydrogen) atoms. The summed E-state index contributed by atoms with van der Waals surface area (Å²) in [7, 11) is 0. The fourth-order valence-corrected chi connectivity index (χ4v) is 2.75. The minimum absolute atomic E-state index is 0.325. The van der Waals surface area contributed by atoms with E-state index in [9.17, 15) is 9.59 Å². The van der Waals surface area contributed by atoms with Gasteiger partial charge in [0, 0.05) is 24.5 Å². The normalized spacial score (nSPS) is 11.4. The standard InChI is InChI=1S/C21H20N4O2/c22-21(27)25-19(14-15-4-2-1-3-5-15)20(26)24-18-8-6-16(7-9-18)17-10-12-23-13-11-17/h1-13,19H,14H2,(H,24,26)(H3,22,25,27)/t19-/m1/s1. The Morgan fingerprint density at radius 3 is 2.15 bits per heavy atom. The van der Waals surface area contributed by atoms with E-state index in [1.54, 1.807) is 12.4 Å². The van der Waals surface area contributed by atoms with Crippen LogP contribution in [0.3, 0.4) is 0 Å². The minimum atomic E-state index is -0.759. The highest BCUT2D eigenvalue weighted by Crippen LogP contribution is 2.20. The molecule has 3 amide bonds. The second-order valence-electron chi connectivity index (χ2n) is 6.05. The van der Waals surface area contributed by atoms with Gasteiger partial charge in [-0.2, -0.15) is 0 Å². The number of amides is 3. The number of hydrogen-bond acceptors (Lipinski definition) is 3. The van der Waals surface area contributed by atoms with Gasteiger partial charge in [0.1, 0.15) is 6.04 Å². The fourth-order valence-electron chi connectivity index (χ4n) is 2.75. The van der Waals surface area contributed by atoms with Crippen LogP contribution in [0.5, 0.6) is 0 Å². The maximum absolute atomic E-state index is 12.6. The van der Waals surface area contributed by atoms with Gasteiger partial charge in [-0.25, -0.2) is 4.79 Å². The van der Waals surface area contributed by atoms with Crippen molar-refractivity contribution in [2.45, 2.75) is 12.5 Å². The Morgan fingerprint density at radius 2 is 1.52 bits per heavy atom. The molecular weight excluding hydrogens is 340 g/mol. The Bertz CT molecular complexity index is 896. The van der Waals surface area contributed by atoms with Crippen LogP contribution in [0.25, 0.3) is 11.1 Å². The maximum Gasteiger partial charge on any atom is 0.312 e. The molecule has 0 fully saturated rings. The number of carbonyl (C=O) groups excluding carboxylic acids is 2. The summed E-state index contributed by atoms with van der Waals surface area (Å²) in [4.78, 5) is 27.9. The molecule has 0 bridgehead atoms. The second kappa shape index (κ2) is 8.62. The molecule has 0 aliphatic carbocycles. The number of nitrogens with two attached hydrogens (primary N) is 1. The van der Waals surface area contributed by atoms with Crippen molar-refractivity contribution in [1.82, 2.24) is 10.3 Å². The van der Waals surface area contributed by atoms with Crippen LogP contribution in [-0.4, -0.2) is 23.0 Å². The van der Waals surface area contributed by atoms with E-state index in [4.69, 9.17) is 5.73 Å². The molecule has 1 aromatic heterocycles.